The van der Waals surface area contributed by atoms with Crippen molar-refractivity contribution in [2.24, 2.45) is 5.41 Å². The summed E-state index contributed by atoms with van der Waals surface area (Å²) < 4.78 is 0. The molecule has 0 aliphatic carbocycles. The number of hydrogen-bond donors (Lipinski definition) is 0. The highest BCUT2D eigenvalue weighted by atomic mass is 32.1. The molecule has 1 aromatic carbocycles. The minimum Gasteiger partial charge on any atom is -0.348 e. The van der Waals surface area contributed by atoms with Gasteiger partial charge in [-0.3, -0.25) is 9.59 Å². The highest BCUT2D eigenvalue weighted by Crippen LogP contribution is 2.37. The van der Waals surface area contributed by atoms with Gasteiger partial charge in [-0.15, -0.1) is 11.3 Å². The Balaban J connectivity index is 1.89. The van der Waals surface area contributed by atoms with E-state index in [1.54, 1.807) is 16.2 Å². The van der Waals surface area contributed by atoms with Crippen LogP contribution >= 0.6 is 11.3 Å². The first-order valence-corrected chi connectivity index (χ1v) is 11.0. The first-order valence-electron chi connectivity index (χ1n) is 10.1. The molecule has 28 heavy (non-hydrogen) atoms. The Kier molecular flexibility index (Phi) is 6.55. The zero-order valence-corrected chi connectivity index (χ0v) is 17.9. The van der Waals surface area contributed by atoms with E-state index in [-0.39, 0.29) is 11.8 Å². The molecular formula is C23H30N2O2S. The Morgan fingerprint density at radius 3 is 2.71 bits per heavy atom. The van der Waals surface area contributed by atoms with Crippen molar-refractivity contribution >= 4 is 23.2 Å². The topological polar surface area (TPSA) is 40.6 Å². The summed E-state index contributed by atoms with van der Waals surface area (Å²) in [5.74, 6) is 0.300. The highest BCUT2D eigenvalue weighted by Gasteiger charge is 2.44. The summed E-state index contributed by atoms with van der Waals surface area (Å²) >= 11 is 1.72. The van der Waals surface area contributed by atoms with Gasteiger partial charge in [0.15, 0.2) is 0 Å². The predicted molar refractivity (Wildman–Crippen MR) is 115 cm³/mol. The summed E-state index contributed by atoms with van der Waals surface area (Å²) in [4.78, 5) is 30.6. The third-order valence-electron chi connectivity index (χ3n) is 5.53. The van der Waals surface area contributed by atoms with Crippen molar-refractivity contribution in [2.75, 3.05) is 27.2 Å². The van der Waals surface area contributed by atoms with Crippen LogP contribution in [0.5, 0.6) is 0 Å². The van der Waals surface area contributed by atoms with Crippen LogP contribution in [0.4, 0.5) is 0 Å². The number of benzene rings is 1. The van der Waals surface area contributed by atoms with Crippen molar-refractivity contribution < 1.29 is 9.59 Å². The third kappa shape index (κ3) is 4.46. The number of piperidine rings is 1. The molecule has 2 amide bonds. The molecule has 1 atom stereocenters. The molecule has 5 heteroatoms. The average molecular weight is 399 g/mol. The lowest BCUT2D eigenvalue weighted by molar-refractivity contribution is -0.147. The molecule has 4 nitrogen and oxygen atoms in total. The van der Waals surface area contributed by atoms with E-state index in [1.165, 1.54) is 10.4 Å². The number of amides is 2. The molecule has 3 rings (SSSR count). The molecule has 0 N–H and O–H groups in total. The van der Waals surface area contributed by atoms with Gasteiger partial charge < -0.3 is 9.80 Å². The van der Waals surface area contributed by atoms with Gasteiger partial charge in [-0.1, -0.05) is 37.3 Å². The Morgan fingerprint density at radius 1 is 1.21 bits per heavy atom. The van der Waals surface area contributed by atoms with Crippen LogP contribution in [0.1, 0.15) is 38.2 Å². The molecule has 1 aliphatic rings. The number of nitrogens with zero attached hydrogens (tertiary/aromatic N) is 2. The fourth-order valence-corrected chi connectivity index (χ4v) is 4.98. The maximum atomic E-state index is 13.3. The van der Waals surface area contributed by atoms with Crippen molar-refractivity contribution in [3.05, 3.63) is 47.3 Å². The number of likely N-dealkylation sites (tertiary alicyclic amines) is 1. The van der Waals surface area contributed by atoms with E-state index in [0.29, 0.717) is 19.4 Å². The maximum absolute atomic E-state index is 13.3. The minimum absolute atomic E-state index is 0.128. The van der Waals surface area contributed by atoms with Gasteiger partial charge in [0.2, 0.25) is 11.8 Å². The molecule has 0 spiro atoms. The van der Waals surface area contributed by atoms with Crippen LogP contribution < -0.4 is 0 Å². The molecule has 0 bridgehead atoms. The molecule has 1 fully saturated rings. The van der Waals surface area contributed by atoms with Crippen LogP contribution in [0.3, 0.4) is 0 Å². The minimum atomic E-state index is -0.542. The first-order chi connectivity index (χ1) is 13.4. The van der Waals surface area contributed by atoms with E-state index in [0.717, 1.165) is 31.4 Å². The number of hydrogen-bond acceptors (Lipinski definition) is 3. The summed E-state index contributed by atoms with van der Waals surface area (Å²) in [5.41, 5.74) is 1.81. The number of carbonyl (C=O) groups excluding carboxylic acids is 2. The van der Waals surface area contributed by atoms with Crippen LogP contribution in [0.2, 0.25) is 0 Å². The van der Waals surface area contributed by atoms with E-state index in [2.05, 4.69) is 41.8 Å². The lowest BCUT2D eigenvalue weighted by Gasteiger charge is -2.43. The Labute approximate surface area is 172 Å². The standard InChI is InChI=1S/C23H30N2O2S/c1-4-8-21(26)25-13-7-12-23(17-25,22(27)24(2)3)16-18-9-5-10-19(15-18)20-11-6-14-28-20/h5-6,9-11,14-15H,4,7-8,12-13,16-17H2,1-3H3. The quantitative estimate of drug-likeness (QED) is 0.721. The number of thiophene rings is 1. The summed E-state index contributed by atoms with van der Waals surface area (Å²) in [6.07, 6.45) is 3.76. The van der Waals surface area contributed by atoms with Crippen molar-refractivity contribution in [1.29, 1.82) is 0 Å². The van der Waals surface area contributed by atoms with Gasteiger partial charge in [-0.05, 0) is 48.3 Å². The molecular weight excluding hydrogens is 368 g/mol. The number of rotatable bonds is 6. The van der Waals surface area contributed by atoms with Crippen molar-refractivity contribution in [3.8, 4) is 10.4 Å². The van der Waals surface area contributed by atoms with E-state index in [1.807, 2.05) is 25.9 Å². The zero-order chi connectivity index (χ0) is 20.1. The number of carbonyl (C=O) groups is 2. The van der Waals surface area contributed by atoms with Crippen LogP contribution in [0, 0.1) is 5.41 Å². The smallest absolute Gasteiger partial charge is 0.230 e. The lowest BCUT2D eigenvalue weighted by atomic mass is 9.73. The van der Waals surface area contributed by atoms with Gasteiger partial charge >= 0.3 is 0 Å². The van der Waals surface area contributed by atoms with Gasteiger partial charge in [0.25, 0.3) is 0 Å². The highest BCUT2D eigenvalue weighted by molar-refractivity contribution is 7.13. The molecule has 0 saturated carbocycles. The van der Waals surface area contributed by atoms with E-state index >= 15 is 0 Å². The SMILES string of the molecule is CCCC(=O)N1CCCC(Cc2cccc(-c3cccs3)c2)(C(=O)N(C)C)C1. The predicted octanol–water partition coefficient (Wildman–Crippen LogP) is 4.45. The van der Waals surface area contributed by atoms with Crippen molar-refractivity contribution in [1.82, 2.24) is 9.80 Å². The monoisotopic (exact) mass is 398 g/mol. The maximum Gasteiger partial charge on any atom is 0.230 e. The Hall–Kier alpha value is -2.14. The lowest BCUT2D eigenvalue weighted by Crippen LogP contribution is -2.54. The zero-order valence-electron chi connectivity index (χ0n) is 17.1. The van der Waals surface area contributed by atoms with Gasteiger partial charge in [0, 0.05) is 38.5 Å². The van der Waals surface area contributed by atoms with Crippen LogP contribution in [0.25, 0.3) is 10.4 Å². The van der Waals surface area contributed by atoms with Gasteiger partial charge in [0.05, 0.1) is 5.41 Å². The normalized spacial score (nSPS) is 19.5. The molecule has 1 aromatic heterocycles. The van der Waals surface area contributed by atoms with Crippen molar-refractivity contribution in [3.63, 3.8) is 0 Å². The van der Waals surface area contributed by atoms with Gasteiger partial charge in [-0.2, -0.15) is 0 Å². The summed E-state index contributed by atoms with van der Waals surface area (Å²) in [7, 11) is 3.64. The van der Waals surface area contributed by atoms with Crippen LogP contribution in [-0.2, 0) is 16.0 Å². The second-order valence-corrected chi connectivity index (χ2v) is 8.95. The largest absolute Gasteiger partial charge is 0.348 e. The average Bonchev–Trinajstić information content (AvgIpc) is 3.23. The fourth-order valence-electron chi connectivity index (χ4n) is 4.25. The molecule has 1 unspecified atom stereocenters. The molecule has 1 aliphatic heterocycles. The molecule has 0 radical (unpaired) electrons. The molecule has 150 valence electrons. The fraction of sp³-hybridized carbons (Fsp3) is 0.478. The van der Waals surface area contributed by atoms with Gasteiger partial charge in [-0.25, -0.2) is 0 Å². The van der Waals surface area contributed by atoms with Crippen molar-refractivity contribution in [2.45, 2.75) is 39.0 Å². The van der Waals surface area contributed by atoms with E-state index in [9.17, 15) is 9.59 Å². The summed E-state index contributed by atoms with van der Waals surface area (Å²) in [6, 6.07) is 12.7. The third-order valence-corrected chi connectivity index (χ3v) is 6.45. The Morgan fingerprint density at radius 2 is 2.04 bits per heavy atom. The Bertz CT molecular complexity index is 816. The van der Waals surface area contributed by atoms with E-state index < -0.39 is 5.41 Å². The van der Waals surface area contributed by atoms with Gasteiger partial charge in [0.1, 0.15) is 0 Å². The summed E-state index contributed by atoms with van der Waals surface area (Å²) in [6.45, 7) is 3.30. The van der Waals surface area contributed by atoms with Crippen LogP contribution in [-0.4, -0.2) is 48.8 Å². The first kappa shape index (κ1) is 20.6. The molecule has 1 saturated heterocycles. The molecule has 2 heterocycles. The summed E-state index contributed by atoms with van der Waals surface area (Å²) in [5, 5.41) is 2.08. The molecule has 2 aromatic rings. The van der Waals surface area contributed by atoms with Crippen LogP contribution in [0.15, 0.2) is 41.8 Å². The second-order valence-electron chi connectivity index (χ2n) is 8.00. The second kappa shape index (κ2) is 8.91. The van der Waals surface area contributed by atoms with E-state index in [4.69, 9.17) is 0 Å².